The van der Waals surface area contributed by atoms with Crippen molar-refractivity contribution in [3.05, 3.63) is 47.5 Å². The first-order chi connectivity index (χ1) is 21.4. The Kier molecular flexibility index (Phi) is 10.6. The number of Topliss-reactive ketones (excluding diaryl/α,β-unsaturated/α-hetero) is 2. The van der Waals surface area contributed by atoms with E-state index in [4.69, 9.17) is 9.57 Å². The maximum absolute atomic E-state index is 13.8. The van der Waals surface area contributed by atoms with Crippen LogP contribution in [-0.2, 0) is 25.7 Å². The molecule has 2 aliphatic carbocycles. The monoisotopic (exact) mass is 600 g/mol. The Bertz CT molecular complexity index is 1560. The highest BCUT2D eigenvalue weighted by molar-refractivity contribution is 6.46. The van der Waals surface area contributed by atoms with Crippen molar-refractivity contribution >= 4 is 51.0 Å². The zero-order valence-electron chi connectivity index (χ0n) is 26.1. The van der Waals surface area contributed by atoms with Gasteiger partial charge in [0.25, 0.3) is 0 Å². The number of hydrogen-bond acceptors (Lipinski definition) is 7. The number of aryl methyl sites for hydroxylation is 1. The highest BCUT2D eigenvalue weighted by Gasteiger charge is 2.25. The molecule has 3 aromatic rings. The maximum Gasteiger partial charge on any atom is 0.335 e. The Labute approximate surface area is 259 Å². The fraction of sp³-hybridized carbons (Fsp3) is 0.528. The van der Waals surface area contributed by atoms with E-state index in [1.165, 1.54) is 12.8 Å². The van der Waals surface area contributed by atoms with Gasteiger partial charge in [0.2, 0.25) is 5.78 Å². The maximum atomic E-state index is 13.8. The van der Waals surface area contributed by atoms with Gasteiger partial charge in [-0.3, -0.25) is 14.4 Å². The molecule has 8 nitrogen and oxygen atoms in total. The van der Waals surface area contributed by atoms with Gasteiger partial charge in [-0.15, -0.1) is 0 Å². The highest BCUT2D eigenvalue weighted by atomic mass is 16.7. The van der Waals surface area contributed by atoms with Crippen LogP contribution in [0.2, 0.25) is 0 Å². The first-order valence-corrected chi connectivity index (χ1v) is 16.5. The van der Waals surface area contributed by atoms with Crippen LogP contribution in [-0.4, -0.2) is 40.4 Å². The zero-order valence-corrected chi connectivity index (χ0v) is 26.1. The summed E-state index contributed by atoms with van der Waals surface area (Å²) in [5.74, 6) is -0.781. The van der Waals surface area contributed by atoms with Gasteiger partial charge in [0, 0.05) is 51.8 Å². The molecule has 2 saturated carbocycles. The summed E-state index contributed by atoms with van der Waals surface area (Å²) in [5.41, 5.74) is 3.05. The van der Waals surface area contributed by atoms with Gasteiger partial charge < -0.3 is 14.1 Å². The minimum atomic E-state index is -0.463. The molecule has 8 heteroatoms. The summed E-state index contributed by atoms with van der Waals surface area (Å²) in [6.07, 6.45) is 10.8. The van der Waals surface area contributed by atoms with Crippen LogP contribution < -0.4 is 0 Å². The molecule has 1 heterocycles. The lowest BCUT2D eigenvalue weighted by molar-refractivity contribution is -0.145. The first-order valence-electron chi connectivity index (χ1n) is 16.5. The van der Waals surface area contributed by atoms with Crippen LogP contribution in [0.5, 0.6) is 0 Å². The molecule has 234 valence electrons. The minimum absolute atomic E-state index is 0.00166. The number of ether oxygens (including phenoxy) is 1. The Morgan fingerprint density at radius 1 is 0.773 bits per heavy atom. The molecule has 0 radical (unpaired) electrons. The second-order valence-electron chi connectivity index (χ2n) is 12.3. The Morgan fingerprint density at radius 2 is 1.39 bits per heavy atom. The molecule has 44 heavy (non-hydrogen) atoms. The smallest absolute Gasteiger partial charge is 0.335 e. The van der Waals surface area contributed by atoms with Crippen molar-refractivity contribution in [1.82, 2.24) is 4.57 Å². The first kappa shape index (κ1) is 31.6. The number of ketones is 2. The number of rotatable bonds is 12. The average Bonchev–Trinajstić information content (AvgIpc) is 3.37. The number of esters is 1. The molecule has 2 fully saturated rings. The van der Waals surface area contributed by atoms with E-state index in [0.29, 0.717) is 11.1 Å². The van der Waals surface area contributed by atoms with Gasteiger partial charge in [-0.05, 0) is 81.8 Å². The molecule has 2 aliphatic rings. The van der Waals surface area contributed by atoms with Crippen molar-refractivity contribution in [2.24, 2.45) is 17.0 Å². The average molecular weight is 601 g/mol. The van der Waals surface area contributed by atoms with Gasteiger partial charge in [0.15, 0.2) is 5.78 Å². The second-order valence-corrected chi connectivity index (χ2v) is 12.3. The summed E-state index contributed by atoms with van der Waals surface area (Å²) in [7, 11) is 0. The van der Waals surface area contributed by atoms with Crippen LogP contribution in [0.1, 0.15) is 118 Å². The van der Waals surface area contributed by atoms with Crippen LogP contribution in [0.4, 0.5) is 0 Å². The molecule has 0 aliphatic heterocycles. The number of nitrogens with zero attached hydrogens (tertiary/aromatic N) is 2. The highest BCUT2D eigenvalue weighted by Crippen LogP contribution is 2.33. The zero-order chi connectivity index (χ0) is 31.1. The third kappa shape index (κ3) is 7.28. The number of fused-ring (bicyclic) bond motifs is 3. The number of carbonyl (C=O) groups excluding carboxylic acids is 4. The number of oxime groups is 1. The third-order valence-electron chi connectivity index (χ3n) is 9.27. The summed E-state index contributed by atoms with van der Waals surface area (Å²) in [6, 6.07) is 11.4. The van der Waals surface area contributed by atoms with Crippen LogP contribution in [0.25, 0.3) is 21.8 Å². The molecule has 5 rings (SSSR count). The predicted molar refractivity (Wildman–Crippen MR) is 171 cm³/mol. The Hall–Kier alpha value is -3.81. The van der Waals surface area contributed by atoms with E-state index < -0.39 is 17.7 Å². The Balaban J connectivity index is 1.45. The van der Waals surface area contributed by atoms with Crippen molar-refractivity contribution in [2.45, 2.75) is 104 Å². The molecule has 0 bridgehead atoms. The minimum Gasteiger partial charge on any atom is -0.466 e. The Morgan fingerprint density at radius 3 is 2.02 bits per heavy atom. The van der Waals surface area contributed by atoms with Gasteiger partial charge in [-0.2, -0.15) is 0 Å². The van der Waals surface area contributed by atoms with Gasteiger partial charge in [-0.25, -0.2) is 4.79 Å². The van der Waals surface area contributed by atoms with E-state index in [9.17, 15) is 19.2 Å². The molecule has 2 aromatic carbocycles. The van der Waals surface area contributed by atoms with Crippen molar-refractivity contribution in [1.29, 1.82) is 0 Å². The van der Waals surface area contributed by atoms with Crippen LogP contribution in [0, 0.1) is 11.8 Å². The molecule has 0 saturated heterocycles. The number of carbonyl (C=O) groups is 4. The van der Waals surface area contributed by atoms with E-state index in [-0.39, 0.29) is 49.2 Å². The molecule has 0 amide bonds. The van der Waals surface area contributed by atoms with Crippen molar-refractivity contribution in [3.63, 3.8) is 0 Å². The predicted octanol–water partition coefficient (Wildman–Crippen LogP) is 7.97. The SMILES string of the molecule is CCOC(=O)CC/C(=N\OC(=O)CC1CCCCC1)C(=O)c1ccc2c(c1)c1cc(C(=O)C3CCCCC3)ccc1n2CC. The van der Waals surface area contributed by atoms with E-state index in [1.807, 2.05) is 30.3 Å². The van der Waals surface area contributed by atoms with E-state index in [0.717, 1.165) is 79.7 Å². The number of hydrogen-bond donors (Lipinski definition) is 0. The molecule has 0 atom stereocenters. The number of benzene rings is 2. The fourth-order valence-electron chi connectivity index (χ4n) is 6.93. The molecular weight excluding hydrogens is 556 g/mol. The van der Waals surface area contributed by atoms with E-state index >= 15 is 0 Å². The van der Waals surface area contributed by atoms with Crippen LogP contribution in [0.15, 0.2) is 41.6 Å². The fourth-order valence-corrected chi connectivity index (χ4v) is 6.93. The van der Waals surface area contributed by atoms with Gasteiger partial charge in [0.1, 0.15) is 5.71 Å². The summed E-state index contributed by atoms with van der Waals surface area (Å²) in [4.78, 5) is 57.2. The third-order valence-corrected chi connectivity index (χ3v) is 9.27. The summed E-state index contributed by atoms with van der Waals surface area (Å²) in [5, 5.41) is 5.79. The van der Waals surface area contributed by atoms with Gasteiger partial charge in [-0.1, -0.05) is 43.7 Å². The second kappa shape index (κ2) is 14.8. The van der Waals surface area contributed by atoms with Gasteiger partial charge in [0.05, 0.1) is 19.4 Å². The quantitative estimate of drug-likeness (QED) is 0.0686. The lowest BCUT2D eigenvalue weighted by Gasteiger charge is -2.20. The van der Waals surface area contributed by atoms with Crippen LogP contribution >= 0.6 is 0 Å². The van der Waals surface area contributed by atoms with E-state index in [2.05, 4.69) is 16.6 Å². The standard InChI is InChI=1S/C36H44N2O6/c1-3-38-31-18-15-26(35(41)25-13-9-6-10-14-25)22-28(31)29-23-27(16-19-32(29)38)36(42)30(17-20-33(39)43-4-2)37-44-34(40)21-24-11-7-5-8-12-24/h15-16,18-19,22-25H,3-14,17,20-21H2,1-2H3/b37-30+. The van der Waals surface area contributed by atoms with E-state index in [1.54, 1.807) is 13.0 Å². The molecule has 1 aromatic heterocycles. The molecular formula is C36H44N2O6. The van der Waals surface area contributed by atoms with Crippen molar-refractivity contribution in [3.8, 4) is 0 Å². The molecule has 0 unspecified atom stereocenters. The summed E-state index contributed by atoms with van der Waals surface area (Å²) >= 11 is 0. The van der Waals surface area contributed by atoms with Crippen molar-refractivity contribution < 1.29 is 28.8 Å². The topological polar surface area (TPSA) is 104 Å². The van der Waals surface area contributed by atoms with Crippen molar-refractivity contribution in [2.75, 3.05) is 6.61 Å². The lowest BCUT2D eigenvalue weighted by atomic mass is 9.83. The summed E-state index contributed by atoms with van der Waals surface area (Å²) < 4.78 is 7.23. The lowest BCUT2D eigenvalue weighted by Crippen LogP contribution is -2.19. The summed E-state index contributed by atoms with van der Waals surface area (Å²) in [6.45, 7) is 4.76. The normalized spacial score (nSPS) is 16.7. The molecule has 0 spiro atoms. The number of aromatic nitrogens is 1. The van der Waals surface area contributed by atoms with Crippen LogP contribution in [0.3, 0.4) is 0 Å². The largest absolute Gasteiger partial charge is 0.466 e. The van der Waals surface area contributed by atoms with Gasteiger partial charge >= 0.3 is 11.9 Å². The molecule has 0 N–H and O–H groups in total.